The SMILES string of the molecule is C=CCOc1ccc(Cl)c(Cl)c1C(NS(=O)C(C)(C)C)c1ccncc1. The molecule has 2 unspecified atom stereocenters. The Bertz CT molecular complexity index is 792. The monoisotopic (exact) mass is 412 g/mol. The van der Waals surface area contributed by atoms with E-state index in [0.29, 0.717) is 28.0 Å². The Morgan fingerprint density at radius 3 is 2.50 bits per heavy atom. The minimum Gasteiger partial charge on any atom is -0.489 e. The minimum absolute atomic E-state index is 0.316. The molecule has 1 aromatic heterocycles. The second-order valence-electron chi connectivity index (χ2n) is 6.59. The molecule has 0 radical (unpaired) electrons. The second kappa shape index (κ2) is 9.00. The molecule has 2 rings (SSSR count). The zero-order chi connectivity index (χ0) is 19.3. The van der Waals surface area contributed by atoms with Crippen LogP contribution in [-0.2, 0) is 11.0 Å². The molecule has 0 aliphatic rings. The summed E-state index contributed by atoms with van der Waals surface area (Å²) in [4.78, 5) is 4.05. The Kier molecular flexibility index (Phi) is 7.24. The van der Waals surface area contributed by atoms with Crippen molar-refractivity contribution >= 4 is 34.2 Å². The van der Waals surface area contributed by atoms with Crippen molar-refractivity contribution in [1.82, 2.24) is 9.71 Å². The Morgan fingerprint density at radius 2 is 1.92 bits per heavy atom. The number of ether oxygens (including phenoxy) is 1. The van der Waals surface area contributed by atoms with Crippen molar-refractivity contribution in [3.63, 3.8) is 0 Å². The van der Waals surface area contributed by atoms with Crippen LogP contribution >= 0.6 is 23.2 Å². The van der Waals surface area contributed by atoms with Gasteiger partial charge in [-0.15, -0.1) is 0 Å². The summed E-state index contributed by atoms with van der Waals surface area (Å²) in [6.45, 7) is 9.68. The third kappa shape index (κ3) is 5.07. The molecule has 0 saturated heterocycles. The van der Waals surface area contributed by atoms with Crippen molar-refractivity contribution < 1.29 is 8.95 Å². The van der Waals surface area contributed by atoms with Gasteiger partial charge in [0.05, 0.1) is 31.8 Å². The van der Waals surface area contributed by atoms with Gasteiger partial charge in [0.25, 0.3) is 0 Å². The van der Waals surface area contributed by atoms with Crippen molar-refractivity contribution in [3.8, 4) is 5.75 Å². The van der Waals surface area contributed by atoms with Gasteiger partial charge in [0, 0.05) is 18.0 Å². The van der Waals surface area contributed by atoms with Crippen LogP contribution in [0.25, 0.3) is 0 Å². The molecule has 2 aromatic rings. The quantitative estimate of drug-likeness (QED) is 0.643. The van der Waals surface area contributed by atoms with Gasteiger partial charge >= 0.3 is 0 Å². The van der Waals surface area contributed by atoms with E-state index in [1.54, 1.807) is 30.6 Å². The Balaban J connectivity index is 2.60. The lowest BCUT2D eigenvalue weighted by molar-refractivity contribution is 0.357. The Hall–Kier alpha value is -1.40. The van der Waals surface area contributed by atoms with Crippen LogP contribution in [-0.4, -0.2) is 20.5 Å². The van der Waals surface area contributed by atoms with Crippen LogP contribution in [0.3, 0.4) is 0 Å². The van der Waals surface area contributed by atoms with Crippen molar-refractivity contribution in [1.29, 1.82) is 0 Å². The number of nitrogens with one attached hydrogen (secondary N) is 1. The normalized spacial score (nSPS) is 13.9. The van der Waals surface area contributed by atoms with Gasteiger partial charge in [0.2, 0.25) is 0 Å². The predicted molar refractivity (Wildman–Crippen MR) is 109 cm³/mol. The molecule has 7 heteroatoms. The van der Waals surface area contributed by atoms with Crippen LogP contribution in [0.4, 0.5) is 0 Å². The fourth-order valence-electron chi connectivity index (χ4n) is 2.23. The summed E-state index contributed by atoms with van der Waals surface area (Å²) in [6.07, 6.45) is 4.99. The lowest BCUT2D eigenvalue weighted by atomic mass is 9.99. The number of pyridine rings is 1. The lowest BCUT2D eigenvalue weighted by Gasteiger charge is -2.27. The number of benzene rings is 1. The molecule has 0 aliphatic carbocycles. The summed E-state index contributed by atoms with van der Waals surface area (Å²) >= 11 is 12.8. The Morgan fingerprint density at radius 1 is 1.27 bits per heavy atom. The van der Waals surface area contributed by atoms with Gasteiger partial charge in [-0.1, -0.05) is 35.9 Å². The topological polar surface area (TPSA) is 51.2 Å². The highest BCUT2D eigenvalue weighted by atomic mass is 35.5. The molecule has 4 nitrogen and oxygen atoms in total. The maximum absolute atomic E-state index is 12.8. The molecule has 1 N–H and O–H groups in total. The highest BCUT2D eigenvalue weighted by Gasteiger charge is 2.29. The van der Waals surface area contributed by atoms with Crippen molar-refractivity contribution in [3.05, 3.63) is 70.5 Å². The third-order valence-corrected chi connectivity index (χ3v) is 5.94. The first-order valence-electron chi connectivity index (χ1n) is 8.05. The second-order valence-corrected chi connectivity index (χ2v) is 9.37. The largest absolute Gasteiger partial charge is 0.489 e. The first kappa shape index (κ1) is 20.9. The molecule has 0 aliphatic heterocycles. The van der Waals surface area contributed by atoms with Crippen LogP contribution in [0.15, 0.2) is 49.3 Å². The van der Waals surface area contributed by atoms with E-state index in [1.807, 2.05) is 32.9 Å². The van der Waals surface area contributed by atoms with E-state index in [9.17, 15) is 4.21 Å². The highest BCUT2D eigenvalue weighted by Crippen LogP contribution is 2.40. The van der Waals surface area contributed by atoms with E-state index in [-0.39, 0.29) is 0 Å². The maximum Gasteiger partial charge on any atom is 0.126 e. The van der Waals surface area contributed by atoms with Crippen LogP contribution in [0, 0.1) is 0 Å². The van der Waals surface area contributed by atoms with Crippen LogP contribution in [0.1, 0.15) is 37.9 Å². The van der Waals surface area contributed by atoms with Crippen molar-refractivity contribution in [2.24, 2.45) is 0 Å². The maximum atomic E-state index is 12.8. The molecule has 0 bridgehead atoms. The zero-order valence-electron chi connectivity index (χ0n) is 15.0. The first-order valence-corrected chi connectivity index (χ1v) is 9.96. The number of hydrogen-bond donors (Lipinski definition) is 1. The summed E-state index contributed by atoms with van der Waals surface area (Å²) in [5, 5.41) is 0.753. The molecule has 26 heavy (non-hydrogen) atoms. The van der Waals surface area contributed by atoms with Gasteiger partial charge in [-0.05, 0) is 50.6 Å². The molecule has 2 atom stereocenters. The van der Waals surface area contributed by atoms with E-state index in [1.165, 1.54) is 0 Å². The van der Waals surface area contributed by atoms with E-state index in [2.05, 4.69) is 16.3 Å². The number of halogens is 2. The number of aromatic nitrogens is 1. The summed E-state index contributed by atoms with van der Waals surface area (Å²) in [6, 6.07) is 6.63. The smallest absolute Gasteiger partial charge is 0.126 e. The van der Waals surface area contributed by atoms with Crippen molar-refractivity contribution in [2.75, 3.05) is 6.61 Å². The van der Waals surface area contributed by atoms with Gasteiger partial charge in [0.15, 0.2) is 0 Å². The van der Waals surface area contributed by atoms with E-state index < -0.39 is 21.8 Å². The van der Waals surface area contributed by atoms with E-state index in [0.717, 1.165) is 5.56 Å². The minimum atomic E-state index is -1.35. The molecule has 1 aromatic carbocycles. The molecular formula is C19H22Cl2N2O2S. The first-order chi connectivity index (χ1) is 12.3. The molecule has 0 amide bonds. The van der Waals surface area contributed by atoms with Gasteiger partial charge in [-0.25, -0.2) is 8.93 Å². The molecule has 1 heterocycles. The van der Waals surface area contributed by atoms with Crippen molar-refractivity contribution in [2.45, 2.75) is 31.6 Å². The summed E-state index contributed by atoms with van der Waals surface area (Å²) in [7, 11) is -1.35. The fraction of sp³-hybridized carbons (Fsp3) is 0.316. The molecule has 0 saturated carbocycles. The number of rotatable bonds is 7. The molecule has 140 valence electrons. The molecule has 0 fully saturated rings. The average molecular weight is 413 g/mol. The van der Waals surface area contributed by atoms with E-state index >= 15 is 0 Å². The van der Waals surface area contributed by atoms with Crippen LogP contribution in [0.5, 0.6) is 5.75 Å². The third-order valence-electron chi connectivity index (χ3n) is 3.56. The summed E-state index contributed by atoms with van der Waals surface area (Å²) in [5.41, 5.74) is 1.48. The number of hydrogen-bond acceptors (Lipinski definition) is 3. The van der Waals surface area contributed by atoms with Crippen LogP contribution in [0.2, 0.25) is 10.0 Å². The summed E-state index contributed by atoms with van der Waals surface area (Å²) < 4.78 is 21.3. The fourth-order valence-corrected chi connectivity index (χ4v) is 3.48. The van der Waals surface area contributed by atoms with Gasteiger partial charge in [-0.2, -0.15) is 0 Å². The zero-order valence-corrected chi connectivity index (χ0v) is 17.3. The average Bonchev–Trinajstić information content (AvgIpc) is 2.61. The molecule has 0 spiro atoms. The van der Waals surface area contributed by atoms with E-state index in [4.69, 9.17) is 27.9 Å². The summed E-state index contributed by atoms with van der Waals surface area (Å²) in [5.74, 6) is 0.555. The van der Waals surface area contributed by atoms with Gasteiger partial charge in [-0.3, -0.25) is 4.98 Å². The van der Waals surface area contributed by atoms with Gasteiger partial charge < -0.3 is 4.74 Å². The number of nitrogens with zero attached hydrogens (tertiary/aromatic N) is 1. The van der Waals surface area contributed by atoms with Gasteiger partial charge in [0.1, 0.15) is 12.4 Å². The lowest BCUT2D eigenvalue weighted by Crippen LogP contribution is -2.36. The standard InChI is InChI=1S/C19H22Cl2N2O2S/c1-5-12-25-15-7-6-14(20)17(21)16(15)18(13-8-10-22-11-9-13)23-26(24)19(2,3)4/h5-11,18,23H,1,12H2,2-4H3. The Labute approximate surface area is 167 Å². The predicted octanol–water partition coefficient (Wildman–Crippen LogP) is 5.09. The van der Waals surface area contributed by atoms with Crippen LogP contribution < -0.4 is 9.46 Å². The highest BCUT2D eigenvalue weighted by molar-refractivity contribution is 7.84. The molecular weight excluding hydrogens is 391 g/mol.